The van der Waals surface area contributed by atoms with Crippen molar-refractivity contribution in [2.45, 2.75) is 6.92 Å². The third-order valence-corrected chi connectivity index (χ3v) is 6.15. The van der Waals surface area contributed by atoms with Crippen LogP contribution >= 0.6 is 0 Å². The number of nitrogens with one attached hydrogen (secondary N) is 1. The van der Waals surface area contributed by atoms with Crippen LogP contribution in [0.5, 0.6) is 11.5 Å². The minimum Gasteiger partial charge on any atom is -0.454 e. The maximum Gasteiger partial charge on any atom is 0.321 e. The molecule has 2 amide bonds. The molecule has 1 aromatic carbocycles. The number of rotatable bonds is 3. The highest BCUT2D eigenvalue weighted by atomic mass is 16.7. The predicted molar refractivity (Wildman–Crippen MR) is 122 cm³/mol. The van der Waals surface area contributed by atoms with Crippen LogP contribution in [-0.4, -0.2) is 92.0 Å². The number of hydrogen-bond donors (Lipinski definition) is 1. The molecule has 3 aliphatic rings. The van der Waals surface area contributed by atoms with E-state index in [0.717, 1.165) is 56.7 Å². The van der Waals surface area contributed by atoms with Crippen LogP contribution in [0.4, 0.5) is 22.1 Å². The van der Waals surface area contributed by atoms with Crippen molar-refractivity contribution in [3.8, 4) is 11.5 Å². The fourth-order valence-corrected chi connectivity index (χ4v) is 4.21. The number of hydrogen-bond acceptors (Lipinski definition) is 8. The number of anilines is 3. The van der Waals surface area contributed by atoms with Crippen molar-refractivity contribution in [2.24, 2.45) is 0 Å². The number of amides is 2. The summed E-state index contributed by atoms with van der Waals surface area (Å²) in [6.45, 7) is 8.89. The minimum absolute atomic E-state index is 0.111. The molecule has 1 aromatic heterocycles. The molecule has 10 nitrogen and oxygen atoms in total. The van der Waals surface area contributed by atoms with Gasteiger partial charge in [0, 0.05) is 70.2 Å². The third-order valence-electron chi connectivity index (χ3n) is 6.15. The van der Waals surface area contributed by atoms with Gasteiger partial charge in [-0.1, -0.05) is 0 Å². The van der Waals surface area contributed by atoms with E-state index >= 15 is 0 Å². The lowest BCUT2D eigenvalue weighted by Gasteiger charge is -2.36. The molecule has 0 unspecified atom stereocenters. The number of aryl methyl sites for hydroxylation is 1. The molecule has 10 heteroatoms. The summed E-state index contributed by atoms with van der Waals surface area (Å²) in [6.07, 6.45) is 0. The van der Waals surface area contributed by atoms with Gasteiger partial charge in [-0.2, -0.15) is 0 Å². The molecule has 0 radical (unpaired) electrons. The topological polar surface area (TPSA) is 86.3 Å². The first kappa shape index (κ1) is 20.6. The van der Waals surface area contributed by atoms with Gasteiger partial charge in [-0.3, -0.25) is 0 Å². The van der Waals surface area contributed by atoms with Crippen molar-refractivity contribution >= 4 is 23.4 Å². The summed E-state index contributed by atoms with van der Waals surface area (Å²) in [7, 11) is 2.15. The van der Waals surface area contributed by atoms with Crippen molar-refractivity contribution in [3.63, 3.8) is 0 Å². The lowest BCUT2D eigenvalue weighted by atomic mass is 10.2. The molecule has 32 heavy (non-hydrogen) atoms. The van der Waals surface area contributed by atoms with Gasteiger partial charge in [0.25, 0.3) is 0 Å². The van der Waals surface area contributed by atoms with Crippen LogP contribution in [0.3, 0.4) is 0 Å². The van der Waals surface area contributed by atoms with Crippen molar-refractivity contribution in [2.75, 3.05) is 81.3 Å². The van der Waals surface area contributed by atoms with E-state index in [1.807, 2.05) is 24.0 Å². The van der Waals surface area contributed by atoms with Crippen molar-refractivity contribution < 1.29 is 14.3 Å². The molecule has 1 N–H and O–H groups in total. The highest BCUT2D eigenvalue weighted by Gasteiger charge is 2.24. The van der Waals surface area contributed by atoms with Crippen LogP contribution in [0.25, 0.3) is 0 Å². The highest BCUT2D eigenvalue weighted by molar-refractivity contribution is 5.90. The van der Waals surface area contributed by atoms with E-state index in [2.05, 4.69) is 43.1 Å². The van der Waals surface area contributed by atoms with Crippen LogP contribution in [0.1, 0.15) is 5.82 Å². The maximum absolute atomic E-state index is 12.7. The van der Waals surface area contributed by atoms with Crippen molar-refractivity contribution in [3.05, 3.63) is 30.1 Å². The predicted octanol–water partition coefficient (Wildman–Crippen LogP) is 1.62. The van der Waals surface area contributed by atoms with Crippen LogP contribution in [0, 0.1) is 6.92 Å². The number of fused-ring (bicyclic) bond motifs is 1. The van der Waals surface area contributed by atoms with Gasteiger partial charge in [-0.25, -0.2) is 14.8 Å². The van der Waals surface area contributed by atoms with Gasteiger partial charge >= 0.3 is 6.03 Å². The number of aromatic nitrogens is 2. The Balaban J connectivity index is 1.19. The summed E-state index contributed by atoms with van der Waals surface area (Å²) in [5.41, 5.74) is 0.699. The normalized spacial score (nSPS) is 18.8. The first-order valence-electron chi connectivity index (χ1n) is 11.0. The molecular formula is C22H29N7O3. The summed E-state index contributed by atoms with van der Waals surface area (Å²) >= 11 is 0. The Bertz CT molecular complexity index is 985. The molecule has 2 fully saturated rings. The molecule has 5 rings (SSSR count). The van der Waals surface area contributed by atoms with Gasteiger partial charge in [0.15, 0.2) is 11.5 Å². The van der Waals surface area contributed by atoms with Gasteiger partial charge in [-0.15, -0.1) is 0 Å². The zero-order valence-corrected chi connectivity index (χ0v) is 18.6. The molecule has 170 valence electrons. The van der Waals surface area contributed by atoms with E-state index in [0.29, 0.717) is 30.3 Å². The minimum atomic E-state index is -0.111. The molecule has 2 saturated heterocycles. The Morgan fingerprint density at radius 1 is 0.875 bits per heavy atom. The summed E-state index contributed by atoms with van der Waals surface area (Å²) < 4.78 is 10.7. The SMILES string of the molecule is Cc1nc(N2CCN(C)CC2)cc(N2CCN(C(=O)Nc3ccc4c(c3)OCO4)CC2)n1. The maximum atomic E-state index is 12.7. The van der Waals surface area contributed by atoms with Crippen LogP contribution in [0.15, 0.2) is 24.3 Å². The second-order valence-corrected chi connectivity index (χ2v) is 8.39. The van der Waals surface area contributed by atoms with Gasteiger partial charge in [0.1, 0.15) is 17.5 Å². The van der Waals surface area contributed by atoms with Gasteiger partial charge < -0.3 is 34.4 Å². The lowest BCUT2D eigenvalue weighted by molar-refractivity contribution is 0.174. The van der Waals surface area contributed by atoms with Crippen LogP contribution in [0.2, 0.25) is 0 Å². The molecule has 2 aromatic rings. The molecule has 4 heterocycles. The van der Waals surface area contributed by atoms with Gasteiger partial charge in [-0.05, 0) is 26.1 Å². The number of carbonyl (C=O) groups excluding carboxylic acids is 1. The molecule has 3 aliphatic heterocycles. The van der Waals surface area contributed by atoms with E-state index in [-0.39, 0.29) is 12.8 Å². The fraction of sp³-hybridized carbons (Fsp3) is 0.500. The highest BCUT2D eigenvalue weighted by Crippen LogP contribution is 2.34. The molecule has 0 spiro atoms. The summed E-state index contributed by atoms with van der Waals surface area (Å²) in [6, 6.07) is 7.40. The Kier molecular flexibility index (Phi) is 5.60. The number of nitrogens with zero attached hydrogens (tertiary/aromatic N) is 6. The van der Waals surface area contributed by atoms with E-state index in [1.165, 1.54) is 0 Å². The molecule has 0 saturated carbocycles. The van der Waals surface area contributed by atoms with Crippen LogP contribution < -0.4 is 24.6 Å². The number of piperazine rings is 2. The van der Waals surface area contributed by atoms with Gasteiger partial charge in [0.2, 0.25) is 6.79 Å². The van der Waals surface area contributed by atoms with Gasteiger partial charge in [0.05, 0.1) is 0 Å². The van der Waals surface area contributed by atoms with E-state index in [9.17, 15) is 4.79 Å². The largest absolute Gasteiger partial charge is 0.454 e. The number of carbonyl (C=O) groups is 1. The van der Waals surface area contributed by atoms with Crippen LogP contribution in [-0.2, 0) is 0 Å². The first-order valence-corrected chi connectivity index (χ1v) is 11.0. The molecule has 0 aliphatic carbocycles. The fourth-order valence-electron chi connectivity index (χ4n) is 4.21. The smallest absolute Gasteiger partial charge is 0.321 e. The quantitative estimate of drug-likeness (QED) is 0.772. The molecule has 0 atom stereocenters. The third kappa shape index (κ3) is 4.36. The molecule has 0 bridgehead atoms. The number of likely N-dealkylation sites (N-methyl/N-ethyl adjacent to an activating group) is 1. The lowest BCUT2D eigenvalue weighted by Crippen LogP contribution is -2.50. The zero-order chi connectivity index (χ0) is 22.1. The summed E-state index contributed by atoms with van der Waals surface area (Å²) in [5, 5.41) is 2.96. The van der Waals surface area contributed by atoms with E-state index in [4.69, 9.17) is 9.47 Å². The summed E-state index contributed by atoms with van der Waals surface area (Å²) in [5.74, 6) is 4.06. The average molecular weight is 440 g/mol. The Hall–Kier alpha value is -3.27. The standard InChI is InChI=1S/C22H29N7O3/c1-16-23-20(27-7-5-26(2)6-8-27)14-21(24-16)28-9-11-29(12-10-28)22(30)25-17-3-4-18-19(13-17)32-15-31-18/h3-4,13-14H,5-12,15H2,1-2H3,(H,25,30). The van der Waals surface area contributed by atoms with Crippen molar-refractivity contribution in [1.82, 2.24) is 19.8 Å². The Labute approximate surface area is 187 Å². The zero-order valence-electron chi connectivity index (χ0n) is 18.6. The second-order valence-electron chi connectivity index (χ2n) is 8.39. The number of benzene rings is 1. The monoisotopic (exact) mass is 439 g/mol. The molecular weight excluding hydrogens is 410 g/mol. The average Bonchev–Trinajstić information content (AvgIpc) is 3.27. The Morgan fingerprint density at radius 2 is 1.50 bits per heavy atom. The Morgan fingerprint density at radius 3 is 2.19 bits per heavy atom. The van der Waals surface area contributed by atoms with Crippen molar-refractivity contribution in [1.29, 1.82) is 0 Å². The number of ether oxygens (including phenoxy) is 2. The second kappa shape index (κ2) is 8.70. The van der Waals surface area contributed by atoms with E-state index < -0.39 is 0 Å². The first-order chi connectivity index (χ1) is 15.5. The number of urea groups is 1. The van der Waals surface area contributed by atoms with E-state index in [1.54, 1.807) is 6.07 Å². The summed E-state index contributed by atoms with van der Waals surface area (Å²) in [4.78, 5) is 30.8.